The van der Waals surface area contributed by atoms with Crippen LogP contribution in [0.25, 0.3) is 11.3 Å². The van der Waals surface area contributed by atoms with Crippen LogP contribution in [0.4, 0.5) is 0 Å². The monoisotopic (exact) mass is 272 g/mol. The Labute approximate surface area is 118 Å². The van der Waals surface area contributed by atoms with Crippen LogP contribution in [-0.2, 0) is 5.60 Å². The van der Waals surface area contributed by atoms with Gasteiger partial charge in [0, 0.05) is 17.7 Å². The molecule has 2 heterocycles. The highest BCUT2D eigenvalue weighted by Gasteiger charge is 2.37. The zero-order valence-electron chi connectivity index (χ0n) is 11.7. The van der Waals surface area contributed by atoms with Crippen LogP contribution < -0.4 is 5.32 Å². The van der Waals surface area contributed by atoms with E-state index in [1.807, 2.05) is 43.3 Å². The molecule has 4 heteroatoms. The van der Waals surface area contributed by atoms with Gasteiger partial charge in [0.25, 0.3) is 0 Å². The fourth-order valence-corrected chi connectivity index (χ4v) is 2.76. The molecule has 1 saturated heterocycles. The molecule has 1 aromatic carbocycles. The number of hydrogen-bond donors (Lipinski definition) is 2. The zero-order chi connectivity index (χ0) is 14.0. The molecule has 0 bridgehead atoms. The Bertz CT molecular complexity index is 557. The van der Waals surface area contributed by atoms with E-state index >= 15 is 0 Å². The van der Waals surface area contributed by atoms with Gasteiger partial charge in [-0.15, -0.1) is 0 Å². The summed E-state index contributed by atoms with van der Waals surface area (Å²) in [5.41, 5.74) is 0.561. The number of piperidine rings is 1. The lowest BCUT2D eigenvalue weighted by molar-refractivity contribution is -0.000655. The van der Waals surface area contributed by atoms with Gasteiger partial charge in [-0.25, -0.2) is 0 Å². The summed E-state index contributed by atoms with van der Waals surface area (Å²) in [7, 11) is 0. The van der Waals surface area contributed by atoms with Crippen LogP contribution in [0.2, 0.25) is 0 Å². The Morgan fingerprint density at radius 3 is 2.80 bits per heavy atom. The standard InChI is InChI=1S/C16H20N2O2/c1-16(19,14-9-5-6-10-17-14)15-11-13(20-18-15)12-7-3-2-4-8-12/h2-4,7-8,11,14,17,19H,5-6,9-10H2,1H3. The predicted octanol–water partition coefficient (Wildman–Crippen LogP) is 2.69. The quantitative estimate of drug-likeness (QED) is 0.902. The Balaban J connectivity index is 1.85. The molecule has 0 amide bonds. The van der Waals surface area contributed by atoms with E-state index in [4.69, 9.17) is 4.52 Å². The highest BCUT2D eigenvalue weighted by molar-refractivity contribution is 5.57. The first kappa shape index (κ1) is 13.3. The minimum absolute atomic E-state index is 0.0324. The van der Waals surface area contributed by atoms with E-state index < -0.39 is 5.60 Å². The average Bonchev–Trinajstić information content (AvgIpc) is 3.00. The molecule has 1 fully saturated rings. The van der Waals surface area contributed by atoms with E-state index in [-0.39, 0.29) is 6.04 Å². The molecule has 106 valence electrons. The summed E-state index contributed by atoms with van der Waals surface area (Å²) in [5, 5.41) is 18.2. The first-order chi connectivity index (χ1) is 9.68. The first-order valence-electron chi connectivity index (χ1n) is 7.16. The average molecular weight is 272 g/mol. The number of hydrogen-bond acceptors (Lipinski definition) is 4. The molecule has 2 aromatic rings. The van der Waals surface area contributed by atoms with Gasteiger partial charge in [0.1, 0.15) is 11.3 Å². The number of rotatable bonds is 3. The van der Waals surface area contributed by atoms with Crippen molar-refractivity contribution in [1.29, 1.82) is 0 Å². The zero-order valence-corrected chi connectivity index (χ0v) is 11.7. The second-order valence-corrected chi connectivity index (χ2v) is 5.59. The number of aromatic nitrogens is 1. The lowest BCUT2D eigenvalue weighted by Crippen LogP contribution is -2.49. The molecule has 0 aliphatic carbocycles. The molecule has 2 unspecified atom stereocenters. The van der Waals surface area contributed by atoms with E-state index in [1.54, 1.807) is 0 Å². The maximum Gasteiger partial charge on any atom is 0.167 e. The Morgan fingerprint density at radius 2 is 2.10 bits per heavy atom. The van der Waals surface area contributed by atoms with Crippen molar-refractivity contribution in [2.75, 3.05) is 6.54 Å². The van der Waals surface area contributed by atoms with Gasteiger partial charge in [0.2, 0.25) is 0 Å². The summed E-state index contributed by atoms with van der Waals surface area (Å²) in [4.78, 5) is 0. The van der Waals surface area contributed by atoms with Crippen LogP contribution in [0.5, 0.6) is 0 Å². The second kappa shape index (κ2) is 5.38. The Kier molecular flexibility index (Phi) is 3.59. The number of benzene rings is 1. The van der Waals surface area contributed by atoms with Crippen molar-refractivity contribution in [1.82, 2.24) is 10.5 Å². The summed E-state index contributed by atoms with van der Waals surface area (Å²) in [5.74, 6) is 0.691. The lowest BCUT2D eigenvalue weighted by atomic mass is 9.86. The highest BCUT2D eigenvalue weighted by atomic mass is 16.5. The van der Waals surface area contributed by atoms with Crippen LogP contribution in [0.15, 0.2) is 40.9 Å². The fourth-order valence-electron chi connectivity index (χ4n) is 2.76. The molecule has 2 atom stereocenters. The summed E-state index contributed by atoms with van der Waals surface area (Å²) in [6, 6.07) is 11.7. The van der Waals surface area contributed by atoms with E-state index in [9.17, 15) is 5.11 Å². The molecule has 2 N–H and O–H groups in total. The van der Waals surface area contributed by atoms with Crippen LogP contribution in [-0.4, -0.2) is 22.8 Å². The predicted molar refractivity (Wildman–Crippen MR) is 77.2 cm³/mol. The normalized spacial score (nSPS) is 22.4. The molecule has 0 radical (unpaired) electrons. The molecule has 1 aromatic heterocycles. The maximum absolute atomic E-state index is 10.8. The van der Waals surface area contributed by atoms with E-state index in [1.165, 1.54) is 6.42 Å². The molecule has 0 saturated carbocycles. The number of nitrogens with zero attached hydrogens (tertiary/aromatic N) is 1. The van der Waals surface area contributed by atoms with E-state index in [2.05, 4.69) is 10.5 Å². The largest absolute Gasteiger partial charge is 0.382 e. The van der Waals surface area contributed by atoms with Crippen LogP contribution in [0, 0.1) is 0 Å². The van der Waals surface area contributed by atoms with E-state index in [0.29, 0.717) is 11.5 Å². The highest BCUT2D eigenvalue weighted by Crippen LogP contribution is 2.31. The summed E-state index contributed by atoms with van der Waals surface area (Å²) >= 11 is 0. The van der Waals surface area contributed by atoms with Crippen LogP contribution in [0.1, 0.15) is 31.9 Å². The third-order valence-corrected chi connectivity index (χ3v) is 4.08. The SMILES string of the molecule is CC(O)(c1cc(-c2ccccc2)on1)C1CCCCN1. The van der Waals surface area contributed by atoms with Crippen molar-refractivity contribution >= 4 is 0 Å². The van der Waals surface area contributed by atoms with Gasteiger partial charge in [-0.3, -0.25) is 0 Å². The van der Waals surface area contributed by atoms with Crippen molar-refractivity contribution in [3.63, 3.8) is 0 Å². The van der Waals surface area contributed by atoms with Crippen LogP contribution in [0.3, 0.4) is 0 Å². The molecule has 4 nitrogen and oxygen atoms in total. The van der Waals surface area contributed by atoms with Crippen molar-refractivity contribution in [2.24, 2.45) is 0 Å². The Hall–Kier alpha value is -1.65. The first-order valence-corrected chi connectivity index (χ1v) is 7.16. The molecular weight excluding hydrogens is 252 g/mol. The van der Waals surface area contributed by atoms with Gasteiger partial charge in [-0.05, 0) is 26.3 Å². The summed E-state index contributed by atoms with van der Waals surface area (Å²) in [6.45, 7) is 2.76. The molecule has 1 aliphatic heterocycles. The third-order valence-electron chi connectivity index (χ3n) is 4.08. The van der Waals surface area contributed by atoms with Gasteiger partial charge in [-0.1, -0.05) is 41.9 Å². The molecular formula is C16H20N2O2. The second-order valence-electron chi connectivity index (χ2n) is 5.59. The smallest absolute Gasteiger partial charge is 0.167 e. The van der Waals surface area contributed by atoms with Gasteiger partial charge in [0.05, 0.1) is 0 Å². The van der Waals surface area contributed by atoms with Crippen LogP contribution >= 0.6 is 0 Å². The molecule has 0 spiro atoms. The van der Waals surface area contributed by atoms with Gasteiger partial charge < -0.3 is 14.9 Å². The van der Waals surface area contributed by atoms with Gasteiger partial charge >= 0.3 is 0 Å². The van der Waals surface area contributed by atoms with Gasteiger partial charge in [0.15, 0.2) is 5.76 Å². The van der Waals surface area contributed by atoms with Crippen molar-refractivity contribution in [2.45, 2.75) is 37.8 Å². The minimum Gasteiger partial charge on any atom is -0.382 e. The Morgan fingerprint density at radius 1 is 1.30 bits per heavy atom. The van der Waals surface area contributed by atoms with Gasteiger partial charge in [-0.2, -0.15) is 0 Å². The maximum atomic E-state index is 10.8. The summed E-state index contributed by atoms with van der Waals surface area (Å²) < 4.78 is 5.39. The topological polar surface area (TPSA) is 58.3 Å². The molecule has 1 aliphatic rings. The molecule has 20 heavy (non-hydrogen) atoms. The fraction of sp³-hybridized carbons (Fsp3) is 0.438. The number of aliphatic hydroxyl groups is 1. The lowest BCUT2D eigenvalue weighted by Gasteiger charge is -2.34. The van der Waals surface area contributed by atoms with Crippen molar-refractivity contribution in [3.05, 3.63) is 42.1 Å². The third kappa shape index (κ3) is 2.49. The summed E-state index contributed by atoms with van der Waals surface area (Å²) in [6.07, 6.45) is 3.26. The van der Waals surface area contributed by atoms with Crippen molar-refractivity contribution < 1.29 is 9.63 Å². The minimum atomic E-state index is -1.00. The molecule has 3 rings (SSSR count). The van der Waals surface area contributed by atoms with E-state index in [0.717, 1.165) is 24.9 Å². The number of nitrogens with one attached hydrogen (secondary N) is 1. The van der Waals surface area contributed by atoms with Crippen molar-refractivity contribution in [3.8, 4) is 11.3 Å².